The van der Waals surface area contributed by atoms with Crippen LogP contribution in [0.25, 0.3) is 21.3 Å². The molecule has 0 unspecified atom stereocenters. The number of carbonyl (C=O) groups is 1. The van der Waals surface area contributed by atoms with Crippen molar-refractivity contribution in [2.75, 3.05) is 5.32 Å². The van der Waals surface area contributed by atoms with Crippen LogP contribution in [0.1, 0.15) is 9.67 Å². The van der Waals surface area contributed by atoms with Gasteiger partial charge in [0.05, 0.1) is 4.88 Å². The van der Waals surface area contributed by atoms with E-state index < -0.39 is 0 Å². The maximum absolute atomic E-state index is 12.4. The number of hydrogen-bond donors (Lipinski definition) is 2. The maximum atomic E-state index is 12.4. The molecule has 2 aromatic heterocycles. The fourth-order valence-electron chi connectivity index (χ4n) is 2.59. The highest BCUT2D eigenvalue weighted by Crippen LogP contribution is 2.33. The molecule has 112 valence electrons. The highest BCUT2D eigenvalue weighted by atomic mass is 32.1. The Hall–Kier alpha value is -2.85. The molecule has 2 heterocycles. The van der Waals surface area contributed by atoms with Gasteiger partial charge in [-0.3, -0.25) is 4.79 Å². The molecule has 1 amide bonds. The number of aromatic nitrogens is 1. The molecular weight excluding hydrogens is 304 g/mol. The van der Waals surface area contributed by atoms with Crippen LogP contribution in [0.2, 0.25) is 0 Å². The van der Waals surface area contributed by atoms with E-state index >= 15 is 0 Å². The minimum Gasteiger partial charge on any atom is -0.361 e. The number of nitrogens with one attached hydrogen (secondary N) is 2. The Morgan fingerprint density at radius 3 is 2.57 bits per heavy atom. The zero-order chi connectivity index (χ0) is 15.6. The largest absolute Gasteiger partial charge is 0.361 e. The van der Waals surface area contributed by atoms with E-state index in [1.54, 1.807) is 0 Å². The summed E-state index contributed by atoms with van der Waals surface area (Å²) < 4.78 is 0. The summed E-state index contributed by atoms with van der Waals surface area (Å²) in [6.45, 7) is 0. The number of H-pyrrole nitrogens is 1. The molecule has 2 N–H and O–H groups in total. The van der Waals surface area contributed by atoms with Gasteiger partial charge in [-0.15, -0.1) is 11.3 Å². The molecular formula is C19H14N2OS. The van der Waals surface area contributed by atoms with E-state index in [0.717, 1.165) is 21.6 Å². The van der Waals surface area contributed by atoms with E-state index in [-0.39, 0.29) is 5.91 Å². The Morgan fingerprint density at radius 1 is 0.913 bits per heavy atom. The van der Waals surface area contributed by atoms with Crippen molar-refractivity contribution in [1.29, 1.82) is 0 Å². The standard InChI is InChI=1S/C19H14N2OS/c22-19(21-13-6-2-1-3-7-13)18-11-10-17(23-18)15-12-20-16-9-5-4-8-14(15)16/h1-12,20H,(H,21,22). The van der Waals surface area contributed by atoms with Crippen LogP contribution < -0.4 is 5.32 Å². The molecule has 0 atom stereocenters. The van der Waals surface area contributed by atoms with E-state index in [1.807, 2.05) is 60.8 Å². The molecule has 0 bridgehead atoms. The summed E-state index contributed by atoms with van der Waals surface area (Å²) in [6, 6.07) is 21.5. The van der Waals surface area contributed by atoms with Gasteiger partial charge in [-0.05, 0) is 30.3 Å². The number of aromatic amines is 1. The number of fused-ring (bicyclic) bond motifs is 1. The molecule has 0 fully saturated rings. The van der Waals surface area contributed by atoms with Crippen molar-refractivity contribution in [3.63, 3.8) is 0 Å². The minimum atomic E-state index is -0.0766. The molecule has 4 heteroatoms. The van der Waals surface area contributed by atoms with E-state index in [4.69, 9.17) is 0 Å². The average molecular weight is 318 g/mol. The van der Waals surface area contributed by atoms with E-state index in [2.05, 4.69) is 22.4 Å². The number of benzene rings is 2. The van der Waals surface area contributed by atoms with E-state index in [9.17, 15) is 4.79 Å². The van der Waals surface area contributed by atoms with Crippen LogP contribution in [0.4, 0.5) is 5.69 Å². The lowest BCUT2D eigenvalue weighted by Crippen LogP contribution is -2.09. The Morgan fingerprint density at radius 2 is 1.70 bits per heavy atom. The third kappa shape index (κ3) is 2.64. The Bertz CT molecular complexity index is 969. The summed E-state index contributed by atoms with van der Waals surface area (Å²) >= 11 is 1.50. The fraction of sp³-hybridized carbons (Fsp3) is 0. The quantitative estimate of drug-likeness (QED) is 0.539. The molecule has 0 saturated heterocycles. The lowest BCUT2D eigenvalue weighted by Gasteiger charge is -2.02. The molecule has 4 rings (SSSR count). The Balaban J connectivity index is 1.63. The summed E-state index contributed by atoms with van der Waals surface area (Å²) in [7, 11) is 0. The molecule has 4 aromatic rings. The lowest BCUT2D eigenvalue weighted by molar-refractivity contribution is 0.103. The van der Waals surface area contributed by atoms with Crippen LogP contribution in [0.3, 0.4) is 0 Å². The van der Waals surface area contributed by atoms with Crippen molar-refractivity contribution in [3.05, 3.63) is 77.8 Å². The first-order valence-electron chi connectivity index (χ1n) is 7.34. The van der Waals surface area contributed by atoms with E-state index in [1.165, 1.54) is 16.7 Å². The van der Waals surface area contributed by atoms with Gasteiger partial charge in [0.2, 0.25) is 0 Å². The van der Waals surface area contributed by atoms with Crippen LogP contribution in [0.5, 0.6) is 0 Å². The van der Waals surface area contributed by atoms with E-state index in [0.29, 0.717) is 4.88 Å². The zero-order valence-corrected chi connectivity index (χ0v) is 13.1. The SMILES string of the molecule is O=C(Nc1ccccc1)c1ccc(-c2c[nH]c3ccccc23)s1. The normalized spacial score (nSPS) is 10.8. The minimum absolute atomic E-state index is 0.0766. The second-order valence-electron chi connectivity index (χ2n) is 5.23. The second-order valence-corrected chi connectivity index (χ2v) is 6.32. The highest BCUT2D eigenvalue weighted by molar-refractivity contribution is 7.17. The fourth-order valence-corrected chi connectivity index (χ4v) is 3.53. The zero-order valence-electron chi connectivity index (χ0n) is 12.2. The predicted molar refractivity (Wildman–Crippen MR) is 96.0 cm³/mol. The van der Waals surface area contributed by atoms with Crippen molar-refractivity contribution < 1.29 is 4.79 Å². The van der Waals surface area contributed by atoms with Crippen LogP contribution in [-0.4, -0.2) is 10.9 Å². The molecule has 0 radical (unpaired) electrons. The first-order chi connectivity index (χ1) is 11.3. The van der Waals surface area contributed by atoms with Crippen molar-refractivity contribution in [3.8, 4) is 10.4 Å². The van der Waals surface area contributed by atoms with Crippen molar-refractivity contribution in [2.24, 2.45) is 0 Å². The predicted octanol–water partition coefficient (Wildman–Crippen LogP) is 5.15. The topological polar surface area (TPSA) is 44.9 Å². The van der Waals surface area contributed by atoms with Gasteiger partial charge in [-0.25, -0.2) is 0 Å². The molecule has 3 nitrogen and oxygen atoms in total. The number of anilines is 1. The number of hydrogen-bond acceptors (Lipinski definition) is 2. The molecule has 0 saturated carbocycles. The van der Waals surface area contributed by atoms with Gasteiger partial charge < -0.3 is 10.3 Å². The summed E-state index contributed by atoms with van der Waals surface area (Å²) in [4.78, 5) is 17.4. The monoisotopic (exact) mass is 318 g/mol. The smallest absolute Gasteiger partial charge is 0.265 e. The van der Waals surface area contributed by atoms with Crippen LogP contribution in [0.15, 0.2) is 72.9 Å². The van der Waals surface area contributed by atoms with Gasteiger partial charge in [-0.2, -0.15) is 0 Å². The third-order valence-electron chi connectivity index (χ3n) is 3.72. The van der Waals surface area contributed by atoms with Gasteiger partial charge in [-0.1, -0.05) is 36.4 Å². The molecule has 0 spiro atoms. The molecule has 0 aliphatic carbocycles. The highest BCUT2D eigenvalue weighted by Gasteiger charge is 2.12. The number of amides is 1. The summed E-state index contributed by atoms with van der Waals surface area (Å²) in [6.07, 6.45) is 2.00. The Kier molecular flexibility index (Phi) is 3.44. The van der Waals surface area contributed by atoms with Crippen molar-refractivity contribution >= 4 is 33.8 Å². The van der Waals surface area contributed by atoms with Crippen molar-refractivity contribution in [1.82, 2.24) is 4.98 Å². The summed E-state index contributed by atoms with van der Waals surface area (Å²) in [5, 5.41) is 4.09. The van der Waals surface area contributed by atoms with Crippen molar-refractivity contribution in [2.45, 2.75) is 0 Å². The van der Waals surface area contributed by atoms with Crippen LogP contribution in [-0.2, 0) is 0 Å². The van der Waals surface area contributed by atoms with Gasteiger partial charge in [0.25, 0.3) is 5.91 Å². The third-order valence-corrected chi connectivity index (χ3v) is 4.83. The number of rotatable bonds is 3. The molecule has 0 aliphatic heterocycles. The summed E-state index contributed by atoms with van der Waals surface area (Å²) in [5.41, 5.74) is 3.04. The first kappa shape index (κ1) is 13.8. The maximum Gasteiger partial charge on any atom is 0.265 e. The van der Waals surface area contributed by atoms with Gasteiger partial charge in [0.1, 0.15) is 0 Å². The summed E-state index contributed by atoms with van der Waals surface area (Å²) in [5.74, 6) is -0.0766. The second kappa shape index (κ2) is 5.74. The van der Waals surface area contributed by atoms with Gasteiger partial charge in [0, 0.05) is 33.2 Å². The first-order valence-corrected chi connectivity index (χ1v) is 8.15. The molecule has 0 aliphatic rings. The number of carbonyl (C=O) groups excluding carboxylic acids is 1. The molecule has 23 heavy (non-hydrogen) atoms. The average Bonchev–Trinajstić information content (AvgIpc) is 3.22. The van der Waals surface area contributed by atoms with Crippen LogP contribution in [0, 0.1) is 0 Å². The van der Waals surface area contributed by atoms with Gasteiger partial charge in [0.15, 0.2) is 0 Å². The molecule has 2 aromatic carbocycles. The van der Waals surface area contributed by atoms with Crippen LogP contribution >= 0.6 is 11.3 Å². The lowest BCUT2D eigenvalue weighted by atomic mass is 10.1. The number of para-hydroxylation sites is 2. The van der Waals surface area contributed by atoms with Gasteiger partial charge >= 0.3 is 0 Å². The number of thiophene rings is 1. The Labute approximate surface area is 137 Å².